The lowest BCUT2D eigenvalue weighted by atomic mass is 9.76. The highest BCUT2D eigenvalue weighted by Crippen LogP contribution is 2.43. The van der Waals surface area contributed by atoms with Crippen LogP contribution < -0.4 is 20.7 Å². The van der Waals surface area contributed by atoms with Gasteiger partial charge in [-0.1, -0.05) is 36.7 Å². The van der Waals surface area contributed by atoms with Crippen molar-refractivity contribution in [3.05, 3.63) is 59.1 Å². The van der Waals surface area contributed by atoms with Gasteiger partial charge >= 0.3 is 12.1 Å². The number of nitrogens with one attached hydrogen (secondary N) is 1. The van der Waals surface area contributed by atoms with Crippen molar-refractivity contribution in [2.75, 3.05) is 36.0 Å². The van der Waals surface area contributed by atoms with Gasteiger partial charge in [-0.2, -0.15) is 23.1 Å². The highest BCUT2D eigenvalue weighted by Gasteiger charge is 2.46. The van der Waals surface area contributed by atoms with Crippen LogP contribution in [0, 0.1) is 5.41 Å². The Hall–Kier alpha value is -3.62. The smallest absolute Gasteiger partial charge is 0.429 e. The Morgan fingerprint density at radius 3 is 2.58 bits per heavy atom. The molecule has 2 aliphatic rings. The maximum Gasteiger partial charge on any atom is 0.429 e. The number of carboxylic acids is 1. The van der Waals surface area contributed by atoms with Crippen molar-refractivity contribution in [2.45, 2.75) is 55.8 Å². The van der Waals surface area contributed by atoms with Gasteiger partial charge in [0, 0.05) is 36.3 Å². The summed E-state index contributed by atoms with van der Waals surface area (Å²) in [4.78, 5) is 21.4. The number of carboxylic acid groups (broad SMARTS) is 1. The number of carbonyl (C=O) groups is 1. The second kappa shape index (κ2) is 12.6. The van der Waals surface area contributed by atoms with Crippen molar-refractivity contribution in [3.8, 4) is 17.0 Å². The van der Waals surface area contributed by atoms with Crippen molar-refractivity contribution in [1.29, 1.82) is 0 Å². The average molecular weight is 668 g/mol. The van der Waals surface area contributed by atoms with Crippen molar-refractivity contribution in [3.63, 3.8) is 0 Å². The molecular weight excluding hydrogens is 635 g/mol. The van der Waals surface area contributed by atoms with E-state index in [0.29, 0.717) is 51.1 Å². The van der Waals surface area contributed by atoms with Crippen molar-refractivity contribution < 1.29 is 36.2 Å². The maximum atomic E-state index is 14.7. The molecular formula is C30H33ClF3N5O5S. The van der Waals surface area contributed by atoms with Gasteiger partial charge in [-0.3, -0.25) is 4.79 Å². The molecule has 15 heteroatoms. The van der Waals surface area contributed by atoms with Crippen LogP contribution in [0.5, 0.6) is 5.88 Å². The molecule has 4 N–H and O–H groups in total. The minimum Gasteiger partial charge on any atom is -0.480 e. The fourth-order valence-corrected chi connectivity index (χ4v) is 7.55. The van der Waals surface area contributed by atoms with Gasteiger partial charge in [0.05, 0.1) is 10.6 Å². The second-order valence-corrected chi connectivity index (χ2v) is 14.0. The number of nitrogens with two attached hydrogens (primary N) is 1. The van der Waals surface area contributed by atoms with Crippen LogP contribution in [0.25, 0.3) is 11.1 Å². The SMILES string of the molecule is CCCS(=O)(=O)c1cccc(-c2cc(Cl)ccc2[C@@H](Oc2cc(N3CCC4(CC3)CNC(C(=O)O)C4)nc(N)n2)C(F)(F)F)c1. The number of hydrogen-bond donors (Lipinski definition) is 3. The molecule has 3 heterocycles. The number of sulfone groups is 1. The monoisotopic (exact) mass is 667 g/mol. The van der Waals surface area contributed by atoms with E-state index in [1.807, 2.05) is 4.90 Å². The number of alkyl halides is 3. The van der Waals surface area contributed by atoms with Gasteiger partial charge in [0.1, 0.15) is 11.9 Å². The van der Waals surface area contributed by atoms with Gasteiger partial charge in [0.15, 0.2) is 9.84 Å². The second-order valence-electron chi connectivity index (χ2n) is 11.5. The number of ether oxygens (including phenoxy) is 1. The summed E-state index contributed by atoms with van der Waals surface area (Å²) in [6.45, 7) is 3.27. The zero-order valence-electron chi connectivity index (χ0n) is 24.3. The number of aliphatic carboxylic acids is 1. The first-order chi connectivity index (χ1) is 21.2. The van der Waals surface area contributed by atoms with E-state index in [2.05, 4.69) is 15.3 Å². The quantitative estimate of drug-likeness (QED) is 0.275. The Morgan fingerprint density at radius 1 is 1.20 bits per heavy atom. The Kier molecular flexibility index (Phi) is 9.20. The zero-order valence-corrected chi connectivity index (χ0v) is 25.9. The molecule has 0 amide bonds. The van der Waals surface area contributed by atoms with Gasteiger partial charge in [-0.15, -0.1) is 0 Å². The molecule has 242 valence electrons. The molecule has 2 aromatic carbocycles. The Morgan fingerprint density at radius 2 is 1.93 bits per heavy atom. The largest absolute Gasteiger partial charge is 0.480 e. The number of halogens is 4. The van der Waals surface area contributed by atoms with Gasteiger partial charge < -0.3 is 25.8 Å². The summed E-state index contributed by atoms with van der Waals surface area (Å²) in [6.07, 6.45) is -5.22. The van der Waals surface area contributed by atoms with E-state index in [0.717, 1.165) is 0 Å². The molecule has 1 aromatic heterocycles. The number of aromatic nitrogens is 2. The number of anilines is 2. The van der Waals surface area contributed by atoms with Crippen molar-refractivity contribution >= 4 is 39.2 Å². The Labute approximate surface area is 263 Å². The number of hydrogen-bond acceptors (Lipinski definition) is 9. The van der Waals surface area contributed by atoms with Crippen LogP contribution in [0.15, 0.2) is 53.4 Å². The molecule has 2 atom stereocenters. The van der Waals surface area contributed by atoms with Crippen LogP contribution >= 0.6 is 11.6 Å². The highest BCUT2D eigenvalue weighted by molar-refractivity contribution is 7.91. The first-order valence-corrected chi connectivity index (χ1v) is 16.4. The minimum atomic E-state index is -4.91. The summed E-state index contributed by atoms with van der Waals surface area (Å²) >= 11 is 6.21. The van der Waals surface area contributed by atoms with E-state index in [9.17, 15) is 31.5 Å². The van der Waals surface area contributed by atoms with Crippen LogP contribution in [0.1, 0.15) is 44.3 Å². The molecule has 10 nitrogen and oxygen atoms in total. The van der Waals surface area contributed by atoms with E-state index < -0.39 is 40.0 Å². The highest BCUT2D eigenvalue weighted by atomic mass is 35.5. The van der Waals surface area contributed by atoms with E-state index in [4.69, 9.17) is 22.1 Å². The fourth-order valence-electron chi connectivity index (χ4n) is 6.01. The first kappa shape index (κ1) is 32.8. The zero-order chi connectivity index (χ0) is 32.6. The van der Waals surface area contributed by atoms with E-state index >= 15 is 0 Å². The van der Waals surface area contributed by atoms with Crippen LogP contribution in [0.3, 0.4) is 0 Å². The number of rotatable bonds is 9. The molecule has 0 radical (unpaired) electrons. The standard InChI is InChI=1S/C30H33ClF3N5O5S/c1-2-12-45(42,43)20-5-3-4-18(13-20)22-14-19(31)6-7-21(22)26(30(32,33)34)44-25-15-24(37-28(35)38-25)39-10-8-29(9-11-39)16-23(27(40)41)36-17-29/h3-7,13-15,23,26,36H,2,8-12,16-17H2,1H3,(H,40,41)(H2,35,37,38)/t23?,26-/m1/s1. The fraction of sp³-hybridized carbons (Fsp3) is 0.433. The predicted octanol–water partition coefficient (Wildman–Crippen LogP) is 5.28. The van der Waals surface area contributed by atoms with Gasteiger partial charge in [0.25, 0.3) is 0 Å². The topological polar surface area (TPSA) is 148 Å². The number of nitrogens with zero attached hydrogens (tertiary/aromatic N) is 3. The van der Waals surface area contributed by atoms with Gasteiger partial charge in [-0.25, -0.2) is 8.42 Å². The first-order valence-electron chi connectivity index (χ1n) is 14.4. The van der Waals surface area contributed by atoms with E-state index in [1.54, 1.807) is 6.92 Å². The van der Waals surface area contributed by atoms with Crippen LogP contribution in [-0.4, -0.2) is 67.1 Å². The summed E-state index contributed by atoms with van der Waals surface area (Å²) in [5, 5.41) is 12.6. The summed E-state index contributed by atoms with van der Waals surface area (Å²) in [5.41, 5.74) is 5.71. The normalized spacial score (nSPS) is 19.0. The third-order valence-electron chi connectivity index (χ3n) is 8.32. The summed E-state index contributed by atoms with van der Waals surface area (Å²) in [7, 11) is -3.65. The molecule has 3 aromatic rings. The molecule has 2 saturated heterocycles. The summed E-state index contributed by atoms with van der Waals surface area (Å²) in [6, 6.07) is 10.2. The lowest BCUT2D eigenvalue weighted by molar-refractivity contribution is -0.198. The molecule has 2 fully saturated rings. The number of piperidine rings is 1. The molecule has 5 rings (SSSR count). The van der Waals surface area contributed by atoms with Crippen molar-refractivity contribution in [2.24, 2.45) is 5.41 Å². The predicted molar refractivity (Wildman–Crippen MR) is 163 cm³/mol. The Balaban J connectivity index is 1.44. The minimum absolute atomic E-state index is 0.0133. The van der Waals surface area contributed by atoms with Crippen LogP contribution in [0.4, 0.5) is 24.9 Å². The lowest BCUT2D eigenvalue weighted by Gasteiger charge is -2.39. The molecule has 1 unspecified atom stereocenters. The lowest BCUT2D eigenvalue weighted by Crippen LogP contribution is -2.41. The van der Waals surface area contributed by atoms with Crippen LogP contribution in [0.2, 0.25) is 5.02 Å². The molecule has 1 spiro atoms. The van der Waals surface area contributed by atoms with Gasteiger partial charge in [0.2, 0.25) is 17.9 Å². The molecule has 0 saturated carbocycles. The molecule has 0 aliphatic carbocycles. The van der Waals surface area contributed by atoms with E-state index in [1.165, 1.54) is 48.5 Å². The number of nitrogen functional groups attached to an aromatic ring is 1. The number of benzene rings is 2. The molecule has 2 aliphatic heterocycles. The summed E-state index contributed by atoms with van der Waals surface area (Å²) in [5.74, 6) is -1.38. The third kappa shape index (κ3) is 7.28. The van der Waals surface area contributed by atoms with Crippen LogP contribution in [-0.2, 0) is 14.6 Å². The Bertz CT molecular complexity index is 1680. The molecule has 45 heavy (non-hydrogen) atoms. The van der Waals surface area contributed by atoms with Crippen molar-refractivity contribution in [1.82, 2.24) is 15.3 Å². The maximum absolute atomic E-state index is 14.7. The summed E-state index contributed by atoms with van der Waals surface area (Å²) < 4.78 is 75.0. The average Bonchev–Trinajstić information content (AvgIpc) is 3.39. The third-order valence-corrected chi connectivity index (χ3v) is 10.5. The van der Waals surface area contributed by atoms with E-state index in [-0.39, 0.29) is 43.7 Å². The van der Waals surface area contributed by atoms with Gasteiger partial charge in [-0.05, 0) is 66.5 Å². The molecule has 0 bridgehead atoms.